The first-order valence-electron chi connectivity index (χ1n) is 6.75. The predicted octanol–water partition coefficient (Wildman–Crippen LogP) is -2.46. The van der Waals surface area contributed by atoms with Crippen LogP contribution < -0.4 is 5.32 Å². The van der Waals surface area contributed by atoms with Crippen LogP contribution in [-0.2, 0) is 24.0 Å². The second-order valence-corrected chi connectivity index (χ2v) is 4.61. The van der Waals surface area contributed by atoms with E-state index in [0.29, 0.717) is 0 Å². The van der Waals surface area contributed by atoms with Gasteiger partial charge in [-0.15, -0.1) is 0 Å². The van der Waals surface area contributed by atoms with E-state index >= 15 is 0 Å². The summed E-state index contributed by atoms with van der Waals surface area (Å²) < 4.78 is 10.7. The molecule has 22 heavy (non-hydrogen) atoms. The van der Waals surface area contributed by atoms with Gasteiger partial charge in [0.1, 0.15) is 37.6 Å². The highest BCUT2D eigenvalue weighted by molar-refractivity contribution is 5.73. The van der Waals surface area contributed by atoms with Crippen molar-refractivity contribution in [2.45, 2.75) is 37.6 Å². The normalized spacial score (nSPS) is 31.7. The van der Waals surface area contributed by atoms with Gasteiger partial charge in [0.2, 0.25) is 5.91 Å². The third kappa shape index (κ3) is 5.57. The lowest BCUT2D eigenvalue weighted by atomic mass is 9.97. The van der Waals surface area contributed by atoms with Crippen LogP contribution in [0.4, 0.5) is 0 Å². The fourth-order valence-electron chi connectivity index (χ4n) is 1.95. The van der Waals surface area contributed by atoms with Gasteiger partial charge >= 0.3 is 0 Å². The van der Waals surface area contributed by atoms with Crippen LogP contribution >= 0.6 is 0 Å². The molecular weight excluding hydrogens is 300 g/mol. The minimum Gasteiger partial charge on any atom is -0.394 e. The molecule has 10 nitrogen and oxygen atoms in total. The monoisotopic (exact) mass is 322 g/mol. The second-order valence-electron chi connectivity index (χ2n) is 4.61. The lowest BCUT2D eigenvalue weighted by Gasteiger charge is -2.42. The molecule has 0 aromatic rings. The van der Waals surface area contributed by atoms with E-state index < -0.39 is 43.2 Å². The first-order valence-corrected chi connectivity index (χ1v) is 6.75. The molecule has 0 bridgehead atoms. The van der Waals surface area contributed by atoms with Gasteiger partial charge in [0.25, 0.3) is 0 Å². The van der Waals surface area contributed by atoms with E-state index in [9.17, 15) is 15.0 Å². The summed E-state index contributed by atoms with van der Waals surface area (Å²) in [6, 6.07) is -0.988. The largest absolute Gasteiger partial charge is 0.394 e. The molecule has 0 spiro atoms. The third-order valence-corrected chi connectivity index (χ3v) is 2.93. The molecule has 128 valence electrons. The van der Waals surface area contributed by atoms with Crippen molar-refractivity contribution in [1.29, 1.82) is 5.41 Å². The van der Waals surface area contributed by atoms with Gasteiger partial charge in [-0.1, -0.05) is 0 Å². The molecule has 1 aliphatic rings. The third-order valence-electron chi connectivity index (χ3n) is 2.93. The van der Waals surface area contributed by atoms with Crippen molar-refractivity contribution in [3.05, 3.63) is 0 Å². The summed E-state index contributed by atoms with van der Waals surface area (Å²) >= 11 is 0. The molecule has 0 aliphatic carbocycles. The Morgan fingerprint density at radius 1 is 1.32 bits per heavy atom. The van der Waals surface area contributed by atoms with Crippen molar-refractivity contribution in [2.24, 2.45) is 0 Å². The molecule has 1 rings (SSSR count). The Labute approximate surface area is 127 Å². The maximum Gasteiger partial charge on any atom is 0.217 e. The number of nitrogens with one attached hydrogen (secondary N) is 2. The van der Waals surface area contributed by atoms with Gasteiger partial charge in [0.05, 0.1) is 13.2 Å². The topological polar surface area (TPSA) is 151 Å². The first kappa shape index (κ1) is 18.9. The zero-order chi connectivity index (χ0) is 16.5. The minimum absolute atomic E-state index is 0.00589. The van der Waals surface area contributed by atoms with Crippen LogP contribution in [0.2, 0.25) is 0 Å². The molecule has 1 saturated heterocycles. The van der Waals surface area contributed by atoms with E-state index in [-0.39, 0.29) is 19.8 Å². The lowest BCUT2D eigenvalue weighted by molar-refractivity contribution is -0.307. The van der Waals surface area contributed by atoms with Crippen LogP contribution in [-0.4, -0.2) is 84.5 Å². The van der Waals surface area contributed by atoms with Gasteiger partial charge in [0.15, 0.2) is 6.29 Å². The number of amides is 1. The van der Waals surface area contributed by atoms with Gasteiger partial charge in [-0.2, -0.15) is 0 Å². The Morgan fingerprint density at radius 3 is 2.64 bits per heavy atom. The van der Waals surface area contributed by atoms with E-state index in [0.717, 1.165) is 6.21 Å². The summed E-state index contributed by atoms with van der Waals surface area (Å²) in [5, 5.41) is 38.1. The molecule has 5 unspecified atom stereocenters. The number of hydrogen-bond acceptors (Lipinski definition) is 9. The highest BCUT2D eigenvalue weighted by Gasteiger charge is 2.45. The average molecular weight is 322 g/mol. The van der Waals surface area contributed by atoms with Crippen LogP contribution in [0.1, 0.15) is 6.92 Å². The van der Waals surface area contributed by atoms with E-state index in [1.54, 1.807) is 0 Å². The minimum atomic E-state index is -1.35. The molecule has 5 N–H and O–H groups in total. The Kier molecular flexibility index (Phi) is 8.42. The number of aliphatic hydroxyl groups is 3. The van der Waals surface area contributed by atoms with Crippen molar-refractivity contribution in [3.63, 3.8) is 0 Å². The fraction of sp³-hybridized carbons (Fsp3) is 0.833. The number of carbonyl (C=O) groups is 1. The first-order chi connectivity index (χ1) is 10.5. The molecule has 0 radical (unpaired) electrons. The summed E-state index contributed by atoms with van der Waals surface area (Å²) in [6.07, 6.45) is -3.78. The Bertz CT molecular complexity index is 356. The SMILES string of the molecule is CC(=O)NC1C(OCCOOCC=N)OC(CO)C(O)C1O. The molecule has 1 fully saturated rings. The van der Waals surface area contributed by atoms with Gasteiger partial charge in [-0.25, -0.2) is 9.78 Å². The van der Waals surface area contributed by atoms with E-state index in [4.69, 9.17) is 24.9 Å². The van der Waals surface area contributed by atoms with Gasteiger partial charge in [-0.05, 0) is 0 Å². The smallest absolute Gasteiger partial charge is 0.217 e. The van der Waals surface area contributed by atoms with Crippen LogP contribution in [0.5, 0.6) is 0 Å². The summed E-state index contributed by atoms with van der Waals surface area (Å²) in [4.78, 5) is 20.5. The molecule has 1 amide bonds. The van der Waals surface area contributed by atoms with Crippen LogP contribution in [0.15, 0.2) is 0 Å². The van der Waals surface area contributed by atoms with Gasteiger partial charge in [-0.3, -0.25) is 4.79 Å². The van der Waals surface area contributed by atoms with E-state index in [2.05, 4.69) is 10.2 Å². The zero-order valence-corrected chi connectivity index (χ0v) is 12.2. The number of rotatable bonds is 9. The van der Waals surface area contributed by atoms with Crippen molar-refractivity contribution in [1.82, 2.24) is 5.32 Å². The van der Waals surface area contributed by atoms with Crippen molar-refractivity contribution in [2.75, 3.05) is 26.4 Å². The number of aliphatic hydroxyl groups excluding tert-OH is 3. The fourth-order valence-corrected chi connectivity index (χ4v) is 1.95. The van der Waals surface area contributed by atoms with Crippen LogP contribution in [0.3, 0.4) is 0 Å². The van der Waals surface area contributed by atoms with Crippen molar-refractivity contribution < 1.29 is 39.4 Å². The number of carbonyl (C=O) groups excluding carboxylic acids is 1. The summed E-state index contributed by atoms with van der Waals surface area (Å²) in [5.74, 6) is -0.429. The summed E-state index contributed by atoms with van der Waals surface area (Å²) in [7, 11) is 0. The Hall–Kier alpha value is -1.14. The maximum absolute atomic E-state index is 11.2. The van der Waals surface area contributed by atoms with Crippen molar-refractivity contribution in [3.8, 4) is 0 Å². The molecule has 5 atom stereocenters. The Morgan fingerprint density at radius 2 is 2.05 bits per heavy atom. The maximum atomic E-state index is 11.2. The van der Waals surface area contributed by atoms with Gasteiger partial charge < -0.3 is 35.5 Å². The molecule has 0 saturated carbocycles. The quantitative estimate of drug-likeness (QED) is 0.136. The molecule has 1 heterocycles. The van der Waals surface area contributed by atoms with Crippen LogP contribution in [0, 0.1) is 5.41 Å². The predicted molar refractivity (Wildman–Crippen MR) is 72.0 cm³/mol. The van der Waals surface area contributed by atoms with Crippen molar-refractivity contribution >= 4 is 12.1 Å². The Balaban J connectivity index is 2.53. The average Bonchev–Trinajstić information content (AvgIpc) is 2.49. The summed E-state index contributed by atoms with van der Waals surface area (Å²) in [5.41, 5.74) is 0. The highest BCUT2D eigenvalue weighted by atomic mass is 17.2. The van der Waals surface area contributed by atoms with Crippen LogP contribution in [0.25, 0.3) is 0 Å². The standard InChI is InChI=1S/C12H22N2O8/c1-7(16)14-9-11(18)10(17)8(6-15)22-12(9)19-4-5-21-20-3-2-13/h2,8-13,15,17-18H,3-6H2,1H3,(H,14,16). The number of hydrogen-bond donors (Lipinski definition) is 5. The molecular formula is C12H22N2O8. The highest BCUT2D eigenvalue weighted by Crippen LogP contribution is 2.22. The molecule has 10 heteroatoms. The molecule has 0 aromatic carbocycles. The van der Waals surface area contributed by atoms with E-state index in [1.807, 2.05) is 0 Å². The number of ether oxygens (including phenoxy) is 2. The zero-order valence-electron chi connectivity index (χ0n) is 12.2. The lowest BCUT2D eigenvalue weighted by Crippen LogP contribution is -2.64. The molecule has 0 aromatic heterocycles. The summed E-state index contributed by atoms with van der Waals surface area (Å²) in [6.45, 7) is 0.793. The second kappa shape index (κ2) is 9.79. The molecule has 1 aliphatic heterocycles. The van der Waals surface area contributed by atoms with E-state index in [1.165, 1.54) is 6.92 Å². The van der Waals surface area contributed by atoms with Gasteiger partial charge in [0, 0.05) is 13.1 Å².